The lowest BCUT2D eigenvalue weighted by molar-refractivity contribution is -0.115. The molecule has 1 atom stereocenters. The van der Waals surface area contributed by atoms with Crippen LogP contribution in [0.15, 0.2) is 24.3 Å². The fourth-order valence-corrected chi connectivity index (χ4v) is 1.18. The van der Waals surface area contributed by atoms with Crippen molar-refractivity contribution in [2.24, 2.45) is 0 Å². The van der Waals surface area contributed by atoms with Gasteiger partial charge >= 0.3 is 0 Å². The van der Waals surface area contributed by atoms with Crippen molar-refractivity contribution in [2.75, 3.05) is 11.9 Å². The first-order valence-corrected chi connectivity index (χ1v) is 5.40. The third kappa shape index (κ3) is 4.40. The van der Waals surface area contributed by atoms with E-state index in [9.17, 15) is 9.18 Å². The van der Waals surface area contributed by atoms with Gasteiger partial charge in [0.1, 0.15) is 5.82 Å². The van der Waals surface area contributed by atoms with Crippen molar-refractivity contribution in [1.82, 2.24) is 5.32 Å². The summed E-state index contributed by atoms with van der Waals surface area (Å²) in [5.74, 6) is -0.515. The van der Waals surface area contributed by atoms with Gasteiger partial charge in [-0.25, -0.2) is 4.39 Å². The number of anilines is 1. The third-order valence-corrected chi connectivity index (χ3v) is 2.33. The van der Waals surface area contributed by atoms with Crippen LogP contribution in [0.2, 0.25) is 0 Å². The van der Waals surface area contributed by atoms with Crippen molar-refractivity contribution in [3.8, 4) is 0 Å². The summed E-state index contributed by atoms with van der Waals surface area (Å²) in [7, 11) is 0. The lowest BCUT2D eigenvalue weighted by Crippen LogP contribution is -2.33. The van der Waals surface area contributed by atoms with Gasteiger partial charge in [0, 0.05) is 11.7 Å². The van der Waals surface area contributed by atoms with Gasteiger partial charge in [-0.3, -0.25) is 4.79 Å². The van der Waals surface area contributed by atoms with Crippen molar-refractivity contribution in [1.29, 1.82) is 0 Å². The molecule has 0 saturated carbocycles. The van der Waals surface area contributed by atoms with Gasteiger partial charge in [0.15, 0.2) is 0 Å². The zero-order valence-corrected chi connectivity index (χ0v) is 9.59. The molecule has 4 heteroatoms. The number of benzene rings is 1. The minimum absolute atomic E-state index is 0.161. The monoisotopic (exact) mass is 224 g/mol. The van der Waals surface area contributed by atoms with E-state index >= 15 is 0 Å². The van der Waals surface area contributed by atoms with Crippen LogP contribution in [0.1, 0.15) is 20.3 Å². The SMILES string of the molecule is CCC(C)NCC(=O)Nc1cccc(F)c1. The van der Waals surface area contributed by atoms with Crippen LogP contribution in [0.5, 0.6) is 0 Å². The number of hydrogen-bond donors (Lipinski definition) is 2. The standard InChI is InChI=1S/C12H17FN2O/c1-3-9(2)14-8-12(16)15-11-6-4-5-10(13)7-11/h4-7,9,14H,3,8H2,1-2H3,(H,15,16). The van der Waals surface area contributed by atoms with Crippen molar-refractivity contribution in [3.63, 3.8) is 0 Å². The largest absolute Gasteiger partial charge is 0.325 e. The van der Waals surface area contributed by atoms with E-state index in [1.54, 1.807) is 12.1 Å². The number of rotatable bonds is 5. The number of carbonyl (C=O) groups excluding carboxylic acids is 1. The van der Waals surface area contributed by atoms with Gasteiger partial charge in [0.25, 0.3) is 0 Å². The van der Waals surface area contributed by atoms with E-state index in [0.29, 0.717) is 11.7 Å². The molecule has 0 aliphatic carbocycles. The van der Waals surface area contributed by atoms with Gasteiger partial charge in [0.05, 0.1) is 6.54 Å². The molecule has 1 aromatic carbocycles. The van der Waals surface area contributed by atoms with Gasteiger partial charge in [-0.1, -0.05) is 13.0 Å². The fraction of sp³-hybridized carbons (Fsp3) is 0.417. The summed E-state index contributed by atoms with van der Waals surface area (Å²) in [5.41, 5.74) is 0.482. The van der Waals surface area contributed by atoms with Gasteiger partial charge in [-0.05, 0) is 31.5 Å². The van der Waals surface area contributed by atoms with Crippen LogP contribution >= 0.6 is 0 Å². The molecule has 2 N–H and O–H groups in total. The molecule has 0 aliphatic rings. The number of nitrogens with one attached hydrogen (secondary N) is 2. The molecule has 1 rings (SSSR count). The van der Waals surface area contributed by atoms with Crippen LogP contribution in [-0.4, -0.2) is 18.5 Å². The van der Waals surface area contributed by atoms with Crippen molar-refractivity contribution in [3.05, 3.63) is 30.1 Å². The molecule has 0 spiro atoms. The molecule has 0 radical (unpaired) electrons. The Balaban J connectivity index is 2.40. The summed E-state index contributed by atoms with van der Waals surface area (Å²) in [6.45, 7) is 4.29. The molecule has 0 aliphatic heterocycles. The Labute approximate surface area is 95.0 Å². The highest BCUT2D eigenvalue weighted by atomic mass is 19.1. The maximum absolute atomic E-state index is 12.8. The van der Waals surface area contributed by atoms with E-state index in [2.05, 4.69) is 10.6 Å². The Hall–Kier alpha value is -1.42. The molecule has 1 amide bonds. The topological polar surface area (TPSA) is 41.1 Å². The molecule has 3 nitrogen and oxygen atoms in total. The average Bonchev–Trinajstić information content (AvgIpc) is 2.26. The Morgan fingerprint density at radius 1 is 1.50 bits per heavy atom. The summed E-state index contributed by atoms with van der Waals surface area (Å²) in [5, 5.41) is 5.68. The minimum Gasteiger partial charge on any atom is -0.325 e. The zero-order valence-electron chi connectivity index (χ0n) is 9.59. The molecular formula is C12H17FN2O. The first-order chi connectivity index (χ1) is 7.61. The van der Waals surface area contributed by atoms with E-state index in [1.165, 1.54) is 12.1 Å². The summed E-state index contributed by atoms with van der Waals surface area (Å²) in [6, 6.07) is 6.16. The molecule has 16 heavy (non-hydrogen) atoms. The maximum atomic E-state index is 12.8. The smallest absolute Gasteiger partial charge is 0.238 e. The predicted octanol–water partition coefficient (Wildman–Crippen LogP) is 2.15. The molecule has 0 heterocycles. The normalized spacial score (nSPS) is 12.2. The number of hydrogen-bond acceptors (Lipinski definition) is 2. The van der Waals surface area contributed by atoms with E-state index in [0.717, 1.165) is 6.42 Å². The summed E-state index contributed by atoms with van der Waals surface area (Å²) in [6.07, 6.45) is 0.966. The highest BCUT2D eigenvalue weighted by Crippen LogP contribution is 2.08. The average molecular weight is 224 g/mol. The van der Waals surface area contributed by atoms with Gasteiger partial charge < -0.3 is 10.6 Å². The van der Waals surface area contributed by atoms with Gasteiger partial charge in [0.2, 0.25) is 5.91 Å². The van der Waals surface area contributed by atoms with E-state index in [4.69, 9.17) is 0 Å². The summed E-state index contributed by atoms with van der Waals surface area (Å²) >= 11 is 0. The molecule has 0 saturated heterocycles. The van der Waals surface area contributed by atoms with Crippen LogP contribution in [0.4, 0.5) is 10.1 Å². The quantitative estimate of drug-likeness (QED) is 0.804. The maximum Gasteiger partial charge on any atom is 0.238 e. The van der Waals surface area contributed by atoms with Crippen LogP contribution in [0.25, 0.3) is 0 Å². The molecule has 1 unspecified atom stereocenters. The molecule has 1 aromatic rings. The zero-order chi connectivity index (χ0) is 12.0. The van der Waals surface area contributed by atoms with Crippen LogP contribution < -0.4 is 10.6 Å². The Bertz CT molecular complexity index is 355. The number of amides is 1. The Kier molecular flexibility index (Phi) is 4.92. The third-order valence-electron chi connectivity index (χ3n) is 2.33. The van der Waals surface area contributed by atoms with E-state index in [-0.39, 0.29) is 18.3 Å². The molecule has 0 fully saturated rings. The first-order valence-electron chi connectivity index (χ1n) is 5.40. The van der Waals surface area contributed by atoms with Gasteiger partial charge in [-0.2, -0.15) is 0 Å². The minimum atomic E-state index is -0.354. The second kappa shape index (κ2) is 6.23. The van der Waals surface area contributed by atoms with Crippen molar-refractivity contribution in [2.45, 2.75) is 26.3 Å². The fourth-order valence-electron chi connectivity index (χ4n) is 1.18. The molecule has 0 aromatic heterocycles. The highest BCUT2D eigenvalue weighted by molar-refractivity contribution is 5.92. The Morgan fingerprint density at radius 2 is 2.25 bits per heavy atom. The number of carbonyl (C=O) groups is 1. The van der Waals surface area contributed by atoms with Crippen LogP contribution in [0, 0.1) is 5.82 Å². The molecule has 0 bridgehead atoms. The summed E-state index contributed by atoms with van der Waals surface area (Å²) in [4.78, 5) is 11.4. The Morgan fingerprint density at radius 3 is 2.88 bits per heavy atom. The molecular weight excluding hydrogens is 207 g/mol. The highest BCUT2D eigenvalue weighted by Gasteiger charge is 2.04. The van der Waals surface area contributed by atoms with Crippen LogP contribution in [-0.2, 0) is 4.79 Å². The second-order valence-corrected chi connectivity index (χ2v) is 3.75. The number of halogens is 1. The van der Waals surface area contributed by atoms with Gasteiger partial charge in [-0.15, -0.1) is 0 Å². The van der Waals surface area contributed by atoms with E-state index in [1.807, 2.05) is 13.8 Å². The van der Waals surface area contributed by atoms with Crippen molar-refractivity contribution < 1.29 is 9.18 Å². The second-order valence-electron chi connectivity index (χ2n) is 3.75. The first kappa shape index (κ1) is 12.6. The lowest BCUT2D eigenvalue weighted by Gasteiger charge is -2.11. The predicted molar refractivity (Wildman–Crippen MR) is 62.8 cm³/mol. The van der Waals surface area contributed by atoms with E-state index < -0.39 is 0 Å². The lowest BCUT2D eigenvalue weighted by atomic mass is 10.2. The summed E-state index contributed by atoms with van der Waals surface area (Å²) < 4.78 is 12.8. The van der Waals surface area contributed by atoms with Crippen LogP contribution in [0.3, 0.4) is 0 Å². The van der Waals surface area contributed by atoms with Crippen molar-refractivity contribution >= 4 is 11.6 Å². The molecule has 88 valence electrons.